The summed E-state index contributed by atoms with van der Waals surface area (Å²) >= 11 is 0. The summed E-state index contributed by atoms with van der Waals surface area (Å²) in [5.41, 5.74) is 2.61. The molecule has 0 bridgehead atoms. The SMILES string of the molecule is CCNC(=NCc1ccccc1CN(C)Cc1ccco1)N1CCC(CN(CC)CC)C1. The largest absolute Gasteiger partial charge is 0.468 e. The molecule has 6 heteroatoms. The average molecular weight is 440 g/mol. The minimum atomic E-state index is 0.699. The molecule has 1 unspecified atom stereocenters. The van der Waals surface area contributed by atoms with Crippen molar-refractivity contribution in [2.24, 2.45) is 10.9 Å². The Morgan fingerprint density at radius 3 is 2.56 bits per heavy atom. The molecule has 1 aromatic carbocycles. The molecule has 0 saturated carbocycles. The highest BCUT2D eigenvalue weighted by atomic mass is 16.3. The standard InChI is InChI=1S/C26H41N5O/c1-5-27-26(31-15-14-22(19-31)18-30(6-2)7-3)28-17-23-11-8-9-12-24(23)20-29(4)21-25-13-10-16-32-25/h8-13,16,22H,5-7,14-15,17-21H2,1-4H3,(H,27,28). The minimum absolute atomic E-state index is 0.699. The average Bonchev–Trinajstić information content (AvgIpc) is 3.48. The van der Waals surface area contributed by atoms with Crippen molar-refractivity contribution in [3.63, 3.8) is 0 Å². The van der Waals surface area contributed by atoms with E-state index in [0.29, 0.717) is 6.54 Å². The number of nitrogens with one attached hydrogen (secondary N) is 1. The van der Waals surface area contributed by atoms with Crippen molar-refractivity contribution in [1.29, 1.82) is 0 Å². The fourth-order valence-corrected chi connectivity index (χ4v) is 4.49. The molecule has 0 aliphatic carbocycles. The Hall–Kier alpha value is -2.31. The van der Waals surface area contributed by atoms with E-state index in [-0.39, 0.29) is 0 Å². The van der Waals surface area contributed by atoms with E-state index in [4.69, 9.17) is 9.41 Å². The van der Waals surface area contributed by atoms with Crippen molar-refractivity contribution in [2.45, 2.75) is 46.8 Å². The molecular weight excluding hydrogens is 398 g/mol. The summed E-state index contributed by atoms with van der Waals surface area (Å²) < 4.78 is 5.50. The zero-order valence-corrected chi connectivity index (χ0v) is 20.4. The van der Waals surface area contributed by atoms with Gasteiger partial charge in [0.15, 0.2) is 5.96 Å². The van der Waals surface area contributed by atoms with Gasteiger partial charge >= 0.3 is 0 Å². The zero-order chi connectivity index (χ0) is 22.8. The van der Waals surface area contributed by atoms with Crippen molar-refractivity contribution in [1.82, 2.24) is 20.0 Å². The van der Waals surface area contributed by atoms with Gasteiger partial charge in [-0.3, -0.25) is 4.90 Å². The van der Waals surface area contributed by atoms with Crippen LogP contribution in [0.2, 0.25) is 0 Å². The Morgan fingerprint density at radius 2 is 1.88 bits per heavy atom. The van der Waals surface area contributed by atoms with Crippen LogP contribution in [0.4, 0.5) is 0 Å². The Morgan fingerprint density at radius 1 is 1.09 bits per heavy atom. The molecular formula is C26H41N5O. The van der Waals surface area contributed by atoms with Gasteiger partial charge < -0.3 is 19.5 Å². The molecule has 1 aliphatic rings. The predicted molar refractivity (Wildman–Crippen MR) is 133 cm³/mol. The Kier molecular flexibility index (Phi) is 9.62. The van der Waals surface area contributed by atoms with Gasteiger partial charge in [-0.2, -0.15) is 0 Å². The van der Waals surface area contributed by atoms with Gasteiger partial charge in [-0.05, 0) is 62.7 Å². The maximum Gasteiger partial charge on any atom is 0.194 e. The van der Waals surface area contributed by atoms with Crippen LogP contribution >= 0.6 is 0 Å². The summed E-state index contributed by atoms with van der Waals surface area (Å²) in [4.78, 5) is 12.3. The van der Waals surface area contributed by atoms with E-state index < -0.39 is 0 Å². The molecule has 1 saturated heterocycles. The lowest BCUT2D eigenvalue weighted by Gasteiger charge is -2.24. The maximum atomic E-state index is 5.50. The number of nitrogens with zero attached hydrogens (tertiary/aromatic N) is 4. The summed E-state index contributed by atoms with van der Waals surface area (Å²) in [5, 5.41) is 3.53. The fourth-order valence-electron chi connectivity index (χ4n) is 4.49. The highest BCUT2D eigenvalue weighted by Crippen LogP contribution is 2.19. The molecule has 2 aromatic rings. The van der Waals surface area contributed by atoms with Gasteiger partial charge in [-0.25, -0.2) is 4.99 Å². The molecule has 1 N–H and O–H groups in total. The van der Waals surface area contributed by atoms with Crippen LogP contribution in [-0.2, 0) is 19.6 Å². The number of guanidine groups is 1. The van der Waals surface area contributed by atoms with E-state index >= 15 is 0 Å². The minimum Gasteiger partial charge on any atom is -0.468 e. The van der Waals surface area contributed by atoms with Crippen LogP contribution < -0.4 is 5.32 Å². The normalized spacial score (nSPS) is 17.0. The lowest BCUT2D eigenvalue weighted by molar-refractivity contribution is 0.255. The summed E-state index contributed by atoms with van der Waals surface area (Å²) in [5.74, 6) is 2.76. The first kappa shape index (κ1) is 24.3. The molecule has 0 amide bonds. The number of likely N-dealkylation sites (tertiary alicyclic amines) is 1. The number of benzene rings is 1. The van der Waals surface area contributed by atoms with E-state index in [9.17, 15) is 0 Å². The third-order valence-electron chi connectivity index (χ3n) is 6.29. The van der Waals surface area contributed by atoms with E-state index in [0.717, 1.165) is 63.5 Å². The van der Waals surface area contributed by atoms with Crippen molar-refractivity contribution >= 4 is 5.96 Å². The molecule has 176 valence electrons. The molecule has 0 spiro atoms. The Bertz CT molecular complexity index is 815. The molecule has 2 heterocycles. The van der Waals surface area contributed by atoms with Gasteiger partial charge in [0.25, 0.3) is 0 Å². The van der Waals surface area contributed by atoms with E-state index in [1.807, 2.05) is 12.1 Å². The quantitative estimate of drug-likeness (QED) is 0.423. The van der Waals surface area contributed by atoms with Crippen LogP contribution in [0.5, 0.6) is 0 Å². The number of furan rings is 1. The van der Waals surface area contributed by atoms with Gasteiger partial charge in [-0.1, -0.05) is 38.1 Å². The molecule has 1 atom stereocenters. The second kappa shape index (κ2) is 12.7. The Balaban J connectivity index is 1.62. The third kappa shape index (κ3) is 7.10. The van der Waals surface area contributed by atoms with Gasteiger partial charge in [-0.15, -0.1) is 0 Å². The number of rotatable bonds is 11. The second-order valence-electron chi connectivity index (χ2n) is 8.78. The summed E-state index contributed by atoms with van der Waals surface area (Å²) in [6.07, 6.45) is 2.98. The lowest BCUT2D eigenvalue weighted by atomic mass is 10.1. The van der Waals surface area contributed by atoms with Crippen molar-refractivity contribution in [3.05, 3.63) is 59.5 Å². The molecule has 32 heavy (non-hydrogen) atoms. The van der Waals surface area contributed by atoms with Crippen LogP contribution in [0.3, 0.4) is 0 Å². The van der Waals surface area contributed by atoms with Crippen molar-refractivity contribution < 1.29 is 4.42 Å². The smallest absolute Gasteiger partial charge is 0.194 e. The lowest BCUT2D eigenvalue weighted by Crippen LogP contribution is -2.41. The summed E-state index contributed by atoms with van der Waals surface area (Å²) in [7, 11) is 2.13. The van der Waals surface area contributed by atoms with Crippen molar-refractivity contribution in [3.8, 4) is 0 Å². The van der Waals surface area contributed by atoms with E-state index in [1.165, 1.54) is 24.1 Å². The highest BCUT2D eigenvalue weighted by molar-refractivity contribution is 5.80. The van der Waals surface area contributed by atoms with Crippen LogP contribution in [0.1, 0.15) is 44.1 Å². The molecule has 1 aliphatic heterocycles. The number of hydrogen-bond acceptors (Lipinski definition) is 4. The topological polar surface area (TPSA) is 47.3 Å². The first-order valence-corrected chi connectivity index (χ1v) is 12.2. The van der Waals surface area contributed by atoms with Crippen LogP contribution in [0.25, 0.3) is 0 Å². The monoisotopic (exact) mass is 439 g/mol. The Labute approximate surface area is 194 Å². The van der Waals surface area contributed by atoms with Gasteiger partial charge in [0.1, 0.15) is 5.76 Å². The van der Waals surface area contributed by atoms with Gasteiger partial charge in [0.05, 0.1) is 19.4 Å². The molecule has 0 radical (unpaired) electrons. The first-order chi connectivity index (χ1) is 15.6. The van der Waals surface area contributed by atoms with E-state index in [1.54, 1.807) is 6.26 Å². The van der Waals surface area contributed by atoms with Gasteiger partial charge in [0.2, 0.25) is 0 Å². The fraction of sp³-hybridized carbons (Fsp3) is 0.577. The molecule has 1 fully saturated rings. The second-order valence-corrected chi connectivity index (χ2v) is 8.78. The number of aliphatic imine (C=N–C) groups is 1. The molecule has 6 nitrogen and oxygen atoms in total. The van der Waals surface area contributed by atoms with Crippen molar-refractivity contribution in [2.75, 3.05) is 46.3 Å². The maximum absolute atomic E-state index is 5.50. The highest BCUT2D eigenvalue weighted by Gasteiger charge is 2.26. The zero-order valence-electron chi connectivity index (χ0n) is 20.4. The third-order valence-corrected chi connectivity index (χ3v) is 6.29. The first-order valence-electron chi connectivity index (χ1n) is 12.2. The predicted octanol–water partition coefficient (Wildman–Crippen LogP) is 4.04. The summed E-state index contributed by atoms with van der Waals surface area (Å²) in [6, 6.07) is 12.6. The van der Waals surface area contributed by atoms with Crippen LogP contribution in [0.15, 0.2) is 52.1 Å². The van der Waals surface area contributed by atoms with E-state index in [2.05, 4.69) is 72.1 Å². The van der Waals surface area contributed by atoms with Crippen LogP contribution in [-0.4, -0.2) is 67.0 Å². The summed E-state index contributed by atoms with van der Waals surface area (Å²) in [6.45, 7) is 15.6. The van der Waals surface area contributed by atoms with Crippen LogP contribution in [0, 0.1) is 5.92 Å². The molecule has 1 aromatic heterocycles. The number of hydrogen-bond donors (Lipinski definition) is 1. The molecule has 3 rings (SSSR count). The van der Waals surface area contributed by atoms with Gasteiger partial charge in [0, 0.05) is 32.7 Å².